The van der Waals surface area contributed by atoms with Gasteiger partial charge in [0.25, 0.3) is 0 Å². The maximum atomic E-state index is 11.9. The second-order valence-corrected chi connectivity index (χ2v) is 4.99. The van der Waals surface area contributed by atoms with Crippen molar-refractivity contribution >= 4 is 11.8 Å². The van der Waals surface area contributed by atoms with Gasteiger partial charge in [-0.3, -0.25) is 14.5 Å². The van der Waals surface area contributed by atoms with E-state index in [-0.39, 0.29) is 17.7 Å². The summed E-state index contributed by atoms with van der Waals surface area (Å²) in [6, 6.07) is 0. The minimum atomic E-state index is -0.0659. The minimum Gasteiger partial charge on any atom is -0.282 e. The summed E-state index contributed by atoms with van der Waals surface area (Å²) >= 11 is 0. The highest BCUT2D eigenvalue weighted by atomic mass is 16.2. The molecule has 2 amide bonds. The lowest BCUT2D eigenvalue weighted by atomic mass is 9.81. The Morgan fingerprint density at radius 1 is 1.36 bits per heavy atom. The van der Waals surface area contributed by atoms with Crippen LogP contribution in [0.25, 0.3) is 0 Å². The maximum absolute atomic E-state index is 11.9. The quantitative estimate of drug-likeness (QED) is 0.576. The Bertz CT molecular complexity index is 312. The van der Waals surface area contributed by atoms with E-state index in [0.29, 0.717) is 18.4 Å². The first-order valence-corrected chi connectivity index (χ1v) is 5.50. The van der Waals surface area contributed by atoms with E-state index in [1.54, 1.807) is 0 Å². The molecular weight excluding hydrogens is 178 g/mol. The van der Waals surface area contributed by atoms with E-state index >= 15 is 0 Å². The van der Waals surface area contributed by atoms with E-state index in [1.165, 1.54) is 31.1 Å². The molecule has 2 aliphatic carbocycles. The van der Waals surface area contributed by atoms with Crippen LogP contribution in [-0.2, 0) is 9.59 Å². The number of hydrogen-bond donors (Lipinski definition) is 0. The molecule has 0 aromatic heterocycles. The number of nitrogens with zero attached hydrogens (tertiary/aromatic N) is 1. The summed E-state index contributed by atoms with van der Waals surface area (Å²) < 4.78 is 0. The Morgan fingerprint density at radius 2 is 2.07 bits per heavy atom. The molecule has 0 aromatic carbocycles. The average Bonchev–Trinajstić information content (AvgIpc) is 2.75. The maximum Gasteiger partial charge on any atom is 0.232 e. The SMILES string of the molecule is CC(=O)N1CC2C3CCC(C3)C2C1=O. The van der Waals surface area contributed by atoms with Crippen LogP contribution in [0.1, 0.15) is 26.2 Å². The molecule has 1 heterocycles. The van der Waals surface area contributed by atoms with Crippen LogP contribution in [0.5, 0.6) is 0 Å². The van der Waals surface area contributed by atoms with Gasteiger partial charge in [-0.25, -0.2) is 0 Å². The van der Waals surface area contributed by atoms with E-state index < -0.39 is 0 Å². The van der Waals surface area contributed by atoms with Crippen molar-refractivity contribution in [2.24, 2.45) is 23.7 Å². The van der Waals surface area contributed by atoms with Gasteiger partial charge < -0.3 is 0 Å². The number of rotatable bonds is 0. The predicted molar refractivity (Wildman–Crippen MR) is 50.2 cm³/mol. The second-order valence-electron chi connectivity index (χ2n) is 4.99. The highest BCUT2D eigenvalue weighted by molar-refractivity contribution is 5.97. The highest BCUT2D eigenvalue weighted by Crippen LogP contribution is 2.55. The molecule has 0 aromatic rings. The molecule has 4 unspecified atom stereocenters. The van der Waals surface area contributed by atoms with Crippen LogP contribution in [-0.4, -0.2) is 23.3 Å². The summed E-state index contributed by atoms with van der Waals surface area (Å²) in [5.41, 5.74) is 0. The molecule has 0 N–H and O–H groups in total. The summed E-state index contributed by atoms with van der Waals surface area (Å²) in [6.45, 7) is 2.21. The summed E-state index contributed by atoms with van der Waals surface area (Å²) in [5, 5.41) is 0. The van der Waals surface area contributed by atoms with Crippen molar-refractivity contribution in [2.45, 2.75) is 26.2 Å². The molecule has 3 nitrogen and oxygen atoms in total. The Kier molecular flexibility index (Phi) is 1.56. The number of likely N-dealkylation sites (tertiary alicyclic amines) is 1. The van der Waals surface area contributed by atoms with Crippen molar-refractivity contribution in [3.05, 3.63) is 0 Å². The van der Waals surface area contributed by atoms with E-state index in [1.807, 2.05) is 0 Å². The molecule has 4 atom stereocenters. The van der Waals surface area contributed by atoms with E-state index in [9.17, 15) is 9.59 Å². The average molecular weight is 193 g/mol. The molecule has 2 saturated carbocycles. The Hall–Kier alpha value is -0.860. The van der Waals surface area contributed by atoms with Gasteiger partial charge in [0.15, 0.2) is 0 Å². The monoisotopic (exact) mass is 193 g/mol. The van der Waals surface area contributed by atoms with Crippen LogP contribution < -0.4 is 0 Å². The zero-order valence-electron chi connectivity index (χ0n) is 8.40. The van der Waals surface area contributed by atoms with Crippen LogP contribution in [0.15, 0.2) is 0 Å². The van der Waals surface area contributed by atoms with Crippen molar-refractivity contribution in [3.63, 3.8) is 0 Å². The van der Waals surface area contributed by atoms with Gasteiger partial charge in [0, 0.05) is 19.4 Å². The summed E-state index contributed by atoms with van der Waals surface area (Å²) in [7, 11) is 0. The zero-order chi connectivity index (χ0) is 9.87. The fourth-order valence-electron chi connectivity index (χ4n) is 3.82. The molecule has 0 radical (unpaired) electrons. The van der Waals surface area contributed by atoms with Crippen molar-refractivity contribution in [1.82, 2.24) is 4.90 Å². The third-order valence-electron chi connectivity index (χ3n) is 4.41. The number of hydrogen-bond acceptors (Lipinski definition) is 2. The van der Waals surface area contributed by atoms with E-state index in [0.717, 1.165) is 5.92 Å². The first-order chi connectivity index (χ1) is 6.68. The third kappa shape index (κ3) is 0.877. The van der Waals surface area contributed by atoms with Gasteiger partial charge >= 0.3 is 0 Å². The van der Waals surface area contributed by atoms with Crippen molar-refractivity contribution in [2.75, 3.05) is 6.54 Å². The van der Waals surface area contributed by atoms with Gasteiger partial charge in [0.05, 0.1) is 0 Å². The Labute approximate surface area is 83.5 Å². The van der Waals surface area contributed by atoms with Gasteiger partial charge in [-0.05, 0) is 37.0 Å². The smallest absolute Gasteiger partial charge is 0.232 e. The van der Waals surface area contributed by atoms with Crippen LogP contribution in [0.3, 0.4) is 0 Å². The molecule has 76 valence electrons. The molecule has 3 heteroatoms. The topological polar surface area (TPSA) is 37.4 Å². The lowest BCUT2D eigenvalue weighted by Crippen LogP contribution is -2.33. The molecule has 3 aliphatic rings. The Morgan fingerprint density at radius 3 is 2.71 bits per heavy atom. The fraction of sp³-hybridized carbons (Fsp3) is 0.818. The number of carbonyl (C=O) groups is 2. The molecule has 2 bridgehead atoms. The normalized spacial score (nSPS) is 44.6. The van der Waals surface area contributed by atoms with Crippen LogP contribution in [0.4, 0.5) is 0 Å². The van der Waals surface area contributed by atoms with Crippen molar-refractivity contribution < 1.29 is 9.59 Å². The number of amides is 2. The third-order valence-corrected chi connectivity index (χ3v) is 4.41. The summed E-state index contributed by atoms with van der Waals surface area (Å²) in [6.07, 6.45) is 3.74. The number of imide groups is 1. The molecule has 1 aliphatic heterocycles. The van der Waals surface area contributed by atoms with Gasteiger partial charge in [-0.15, -0.1) is 0 Å². The molecule has 0 spiro atoms. The number of carbonyl (C=O) groups excluding carboxylic acids is 2. The van der Waals surface area contributed by atoms with Gasteiger partial charge in [0.1, 0.15) is 0 Å². The van der Waals surface area contributed by atoms with Crippen LogP contribution in [0.2, 0.25) is 0 Å². The number of fused-ring (bicyclic) bond motifs is 5. The van der Waals surface area contributed by atoms with E-state index in [2.05, 4.69) is 0 Å². The van der Waals surface area contributed by atoms with Crippen LogP contribution >= 0.6 is 0 Å². The minimum absolute atomic E-state index is 0.0659. The first-order valence-electron chi connectivity index (χ1n) is 5.50. The van der Waals surface area contributed by atoms with Crippen molar-refractivity contribution in [3.8, 4) is 0 Å². The standard InChI is InChI=1S/C11H15NO2/c1-6(13)12-5-9-7-2-3-8(4-7)10(9)11(12)14/h7-10H,2-5H2,1H3. The molecule has 14 heavy (non-hydrogen) atoms. The van der Waals surface area contributed by atoms with Crippen molar-refractivity contribution in [1.29, 1.82) is 0 Å². The zero-order valence-corrected chi connectivity index (χ0v) is 8.40. The first kappa shape index (κ1) is 8.45. The fourth-order valence-corrected chi connectivity index (χ4v) is 3.82. The summed E-state index contributed by atoms with van der Waals surface area (Å²) in [4.78, 5) is 24.6. The van der Waals surface area contributed by atoms with Gasteiger partial charge in [0.2, 0.25) is 11.8 Å². The van der Waals surface area contributed by atoms with E-state index in [4.69, 9.17) is 0 Å². The van der Waals surface area contributed by atoms with Crippen LogP contribution in [0, 0.1) is 23.7 Å². The lowest BCUT2D eigenvalue weighted by molar-refractivity contribution is -0.142. The highest BCUT2D eigenvalue weighted by Gasteiger charge is 2.56. The lowest BCUT2D eigenvalue weighted by Gasteiger charge is -2.20. The molecule has 3 rings (SSSR count). The largest absolute Gasteiger partial charge is 0.282 e. The predicted octanol–water partition coefficient (Wildman–Crippen LogP) is 1.04. The summed E-state index contributed by atoms with van der Waals surface area (Å²) in [5.74, 6) is 2.10. The van der Waals surface area contributed by atoms with Gasteiger partial charge in [-0.2, -0.15) is 0 Å². The second kappa shape index (κ2) is 2.59. The Balaban J connectivity index is 1.90. The van der Waals surface area contributed by atoms with Gasteiger partial charge in [-0.1, -0.05) is 0 Å². The molecular formula is C11H15NO2. The molecule has 3 fully saturated rings. The molecule has 1 saturated heterocycles.